The molecule has 0 atom stereocenters. The highest BCUT2D eigenvalue weighted by molar-refractivity contribution is 7.22. The van der Waals surface area contributed by atoms with E-state index in [0.29, 0.717) is 27.6 Å². The van der Waals surface area contributed by atoms with Crippen molar-refractivity contribution in [1.29, 1.82) is 0 Å². The lowest BCUT2D eigenvalue weighted by molar-refractivity contribution is -0.384. The fraction of sp³-hybridized carbons (Fsp3) is 0.0476. The van der Waals surface area contributed by atoms with Gasteiger partial charge in [-0.25, -0.2) is 9.98 Å². The van der Waals surface area contributed by atoms with Crippen LogP contribution in [0.3, 0.4) is 0 Å². The third-order valence-corrected chi connectivity index (χ3v) is 5.18. The predicted octanol–water partition coefficient (Wildman–Crippen LogP) is 6.38. The molecule has 0 radical (unpaired) electrons. The summed E-state index contributed by atoms with van der Waals surface area (Å²) in [4.78, 5) is 19.0. The largest absolute Gasteiger partial charge is 0.505 e. The highest BCUT2D eigenvalue weighted by Gasteiger charge is 2.10. The summed E-state index contributed by atoms with van der Waals surface area (Å²) in [5.74, 6) is -0.0474. The molecule has 0 amide bonds. The zero-order chi connectivity index (χ0) is 21.1. The summed E-state index contributed by atoms with van der Waals surface area (Å²) in [7, 11) is 0. The second kappa shape index (κ2) is 8.18. The van der Waals surface area contributed by atoms with Gasteiger partial charge in [0, 0.05) is 23.9 Å². The minimum atomic E-state index is -0.462. The average Bonchev–Trinajstić information content (AvgIpc) is 3.15. The van der Waals surface area contributed by atoms with Crippen molar-refractivity contribution in [2.45, 2.75) is 6.92 Å². The second-order valence-electron chi connectivity index (χ2n) is 6.41. The van der Waals surface area contributed by atoms with Gasteiger partial charge in [0.15, 0.2) is 5.75 Å². The number of nitrogens with zero attached hydrogens (tertiary/aromatic N) is 5. The first-order valence-electron chi connectivity index (χ1n) is 8.89. The molecule has 0 spiro atoms. The Hall–Kier alpha value is -3.98. The van der Waals surface area contributed by atoms with E-state index in [1.807, 2.05) is 31.2 Å². The van der Waals surface area contributed by atoms with Crippen LogP contribution in [0.4, 0.5) is 22.2 Å². The second-order valence-corrected chi connectivity index (χ2v) is 7.42. The van der Waals surface area contributed by atoms with Crippen LogP contribution in [-0.2, 0) is 0 Å². The van der Waals surface area contributed by atoms with E-state index in [9.17, 15) is 15.2 Å². The Kier molecular flexibility index (Phi) is 5.27. The Morgan fingerprint density at radius 3 is 2.67 bits per heavy atom. The standard InChI is InChI=1S/C21H15N5O3S/c1-13-5-7-15(8-6-13)24-25-17-4-2-3-14(20(17)27)12-22-21-23-18-11-16(26(28)29)9-10-19(18)30-21/h2-12,27H,1H3/b22-12+,25-24?. The number of fused-ring (bicyclic) bond motifs is 1. The molecule has 0 aliphatic rings. The zero-order valence-electron chi connectivity index (χ0n) is 15.8. The van der Waals surface area contributed by atoms with Crippen molar-refractivity contribution in [2.75, 3.05) is 0 Å². The Labute approximate surface area is 175 Å². The number of phenols is 1. The molecular formula is C21H15N5O3S. The van der Waals surface area contributed by atoms with E-state index in [1.54, 1.807) is 24.3 Å². The van der Waals surface area contributed by atoms with Crippen LogP contribution in [0, 0.1) is 17.0 Å². The number of nitro benzene ring substituents is 1. The number of aryl methyl sites for hydroxylation is 1. The summed E-state index contributed by atoms with van der Waals surface area (Å²) >= 11 is 1.30. The molecule has 1 heterocycles. The number of aliphatic imine (C=N–C) groups is 1. The molecule has 148 valence electrons. The van der Waals surface area contributed by atoms with Gasteiger partial charge in [0.1, 0.15) is 5.69 Å². The summed E-state index contributed by atoms with van der Waals surface area (Å²) < 4.78 is 0.789. The maximum Gasteiger partial charge on any atom is 0.271 e. The molecule has 3 aromatic carbocycles. The number of rotatable bonds is 5. The SMILES string of the molecule is Cc1ccc(N=Nc2cccc(/C=N/c3nc4cc([N+](=O)[O-])ccc4s3)c2O)cc1. The molecule has 4 aromatic rings. The van der Waals surface area contributed by atoms with Crippen LogP contribution >= 0.6 is 11.3 Å². The first-order chi connectivity index (χ1) is 14.5. The van der Waals surface area contributed by atoms with Crippen molar-refractivity contribution in [2.24, 2.45) is 15.2 Å². The molecule has 0 unspecified atom stereocenters. The Bertz CT molecular complexity index is 1300. The molecule has 0 saturated carbocycles. The van der Waals surface area contributed by atoms with Gasteiger partial charge in [-0.3, -0.25) is 10.1 Å². The maximum absolute atomic E-state index is 10.9. The number of azo groups is 1. The molecule has 0 saturated heterocycles. The molecule has 9 heteroatoms. The van der Waals surface area contributed by atoms with Gasteiger partial charge in [-0.1, -0.05) is 35.1 Å². The summed E-state index contributed by atoms with van der Waals surface area (Å²) in [6.07, 6.45) is 1.48. The Morgan fingerprint density at radius 1 is 1.10 bits per heavy atom. The summed E-state index contributed by atoms with van der Waals surface area (Å²) in [6, 6.07) is 17.1. The van der Waals surface area contributed by atoms with Crippen LogP contribution in [0.25, 0.3) is 10.2 Å². The van der Waals surface area contributed by atoms with Gasteiger partial charge in [-0.15, -0.1) is 5.11 Å². The predicted molar refractivity (Wildman–Crippen MR) is 117 cm³/mol. The molecule has 0 bridgehead atoms. The number of thiazole rings is 1. The number of para-hydroxylation sites is 1. The number of aromatic hydroxyl groups is 1. The van der Waals surface area contributed by atoms with E-state index in [4.69, 9.17) is 0 Å². The fourth-order valence-electron chi connectivity index (χ4n) is 2.65. The van der Waals surface area contributed by atoms with Crippen LogP contribution in [0.5, 0.6) is 5.75 Å². The van der Waals surface area contributed by atoms with Crippen molar-refractivity contribution < 1.29 is 10.0 Å². The van der Waals surface area contributed by atoms with E-state index in [0.717, 1.165) is 10.3 Å². The summed E-state index contributed by atoms with van der Waals surface area (Å²) in [6.45, 7) is 1.99. The smallest absolute Gasteiger partial charge is 0.271 e. The van der Waals surface area contributed by atoms with Crippen molar-refractivity contribution in [3.63, 3.8) is 0 Å². The molecule has 1 N–H and O–H groups in total. The maximum atomic E-state index is 10.9. The van der Waals surface area contributed by atoms with Gasteiger partial charge in [0.2, 0.25) is 5.13 Å². The number of benzene rings is 3. The third-order valence-electron chi connectivity index (χ3n) is 4.24. The zero-order valence-corrected chi connectivity index (χ0v) is 16.6. The van der Waals surface area contributed by atoms with E-state index in [2.05, 4.69) is 20.2 Å². The van der Waals surface area contributed by atoms with Gasteiger partial charge >= 0.3 is 0 Å². The van der Waals surface area contributed by atoms with Crippen molar-refractivity contribution in [3.8, 4) is 5.75 Å². The number of nitro groups is 1. The van der Waals surface area contributed by atoms with Crippen LogP contribution in [-0.4, -0.2) is 21.2 Å². The molecular weight excluding hydrogens is 402 g/mol. The quantitative estimate of drug-likeness (QED) is 0.175. The highest BCUT2D eigenvalue weighted by atomic mass is 32.1. The molecule has 0 aliphatic carbocycles. The fourth-order valence-corrected chi connectivity index (χ4v) is 3.45. The van der Waals surface area contributed by atoms with Crippen molar-refractivity contribution >= 4 is 50.0 Å². The van der Waals surface area contributed by atoms with Crippen LogP contribution in [0.2, 0.25) is 0 Å². The van der Waals surface area contributed by atoms with Crippen LogP contribution in [0.15, 0.2) is 75.9 Å². The number of phenolic OH excluding ortho intramolecular Hbond substituents is 1. The van der Waals surface area contributed by atoms with E-state index < -0.39 is 4.92 Å². The number of hydrogen-bond acceptors (Lipinski definition) is 8. The van der Waals surface area contributed by atoms with Gasteiger partial charge in [0.25, 0.3) is 5.69 Å². The van der Waals surface area contributed by atoms with Gasteiger partial charge in [-0.05, 0) is 37.3 Å². The molecule has 0 aliphatic heterocycles. The molecule has 8 nitrogen and oxygen atoms in total. The minimum absolute atomic E-state index is 0.0207. The lowest BCUT2D eigenvalue weighted by Crippen LogP contribution is -1.86. The van der Waals surface area contributed by atoms with Crippen molar-refractivity contribution in [3.05, 3.63) is 81.9 Å². The van der Waals surface area contributed by atoms with E-state index in [-0.39, 0.29) is 11.4 Å². The van der Waals surface area contributed by atoms with Crippen LogP contribution in [0.1, 0.15) is 11.1 Å². The van der Waals surface area contributed by atoms with Gasteiger partial charge < -0.3 is 5.11 Å². The number of aromatic nitrogens is 1. The molecule has 1 aromatic heterocycles. The number of hydrogen-bond donors (Lipinski definition) is 1. The molecule has 0 fully saturated rings. The first-order valence-corrected chi connectivity index (χ1v) is 9.71. The minimum Gasteiger partial charge on any atom is -0.505 e. The summed E-state index contributed by atoms with van der Waals surface area (Å²) in [5, 5.41) is 30.1. The molecule has 30 heavy (non-hydrogen) atoms. The normalized spacial score (nSPS) is 11.6. The first kappa shape index (κ1) is 19.3. The van der Waals surface area contributed by atoms with Gasteiger partial charge in [-0.2, -0.15) is 5.11 Å². The number of non-ortho nitro benzene ring substituents is 1. The highest BCUT2D eigenvalue weighted by Crippen LogP contribution is 2.33. The summed E-state index contributed by atoms with van der Waals surface area (Å²) in [5.41, 5.74) is 3.07. The third kappa shape index (κ3) is 4.20. The van der Waals surface area contributed by atoms with Gasteiger partial charge in [0.05, 0.1) is 20.8 Å². The molecule has 4 rings (SSSR count). The average molecular weight is 417 g/mol. The lowest BCUT2D eigenvalue weighted by Gasteiger charge is -2.01. The monoisotopic (exact) mass is 417 g/mol. The van der Waals surface area contributed by atoms with Crippen LogP contribution < -0.4 is 0 Å². The van der Waals surface area contributed by atoms with E-state index >= 15 is 0 Å². The lowest BCUT2D eigenvalue weighted by atomic mass is 10.2. The van der Waals surface area contributed by atoms with E-state index in [1.165, 1.54) is 29.7 Å². The van der Waals surface area contributed by atoms with Crippen molar-refractivity contribution in [1.82, 2.24) is 4.98 Å². The Morgan fingerprint density at radius 2 is 1.90 bits per heavy atom. The Balaban J connectivity index is 1.58. The topological polar surface area (TPSA) is 113 Å².